The molecule has 4 heteroatoms. The van der Waals surface area contributed by atoms with Crippen LogP contribution in [-0.2, 0) is 0 Å². The van der Waals surface area contributed by atoms with Gasteiger partial charge in [-0.2, -0.15) is 0 Å². The Morgan fingerprint density at radius 3 is 2.46 bits per heavy atom. The van der Waals surface area contributed by atoms with Gasteiger partial charge in [0.1, 0.15) is 11.1 Å². The minimum Gasteiger partial charge on any atom is -0.422 e. The van der Waals surface area contributed by atoms with Gasteiger partial charge in [0.25, 0.3) is 5.91 Å². The van der Waals surface area contributed by atoms with Gasteiger partial charge in [-0.3, -0.25) is 4.79 Å². The minimum absolute atomic E-state index is 0.140. The van der Waals surface area contributed by atoms with Crippen LogP contribution in [-0.4, -0.2) is 23.9 Å². The first kappa shape index (κ1) is 14.9. The third kappa shape index (κ3) is 2.58. The van der Waals surface area contributed by atoms with Crippen LogP contribution in [0.4, 0.5) is 0 Å². The fourth-order valence-electron chi connectivity index (χ4n) is 3.46. The summed E-state index contributed by atoms with van der Waals surface area (Å²) in [7, 11) is 0. The Bertz CT molecular complexity index is 965. The molecule has 0 bridgehead atoms. The molecule has 0 atom stereocenters. The number of likely N-dealkylation sites (tertiary alicyclic amines) is 1. The molecule has 1 aliphatic heterocycles. The van der Waals surface area contributed by atoms with Crippen LogP contribution in [0.1, 0.15) is 36.0 Å². The average Bonchev–Trinajstić information content (AvgIpc) is 2.90. The topological polar surface area (TPSA) is 50.5 Å². The lowest BCUT2D eigenvalue weighted by Gasteiger charge is -2.19. The number of rotatable bonds is 1. The van der Waals surface area contributed by atoms with E-state index in [1.54, 1.807) is 17.0 Å². The molecule has 0 N–H and O–H groups in total. The number of benzene rings is 2. The van der Waals surface area contributed by atoms with Crippen LogP contribution in [0.5, 0.6) is 0 Å². The van der Waals surface area contributed by atoms with Crippen molar-refractivity contribution in [3.05, 3.63) is 58.4 Å². The molecule has 0 spiro atoms. The summed E-state index contributed by atoms with van der Waals surface area (Å²) < 4.78 is 5.44. The number of hydrogen-bond acceptors (Lipinski definition) is 3. The van der Waals surface area contributed by atoms with E-state index in [0.29, 0.717) is 18.7 Å². The highest BCUT2D eigenvalue weighted by atomic mass is 16.4. The van der Waals surface area contributed by atoms with E-state index in [1.165, 1.54) is 0 Å². The number of carbonyl (C=O) groups excluding carboxylic acids is 1. The third-order valence-corrected chi connectivity index (χ3v) is 4.77. The Balaban J connectivity index is 1.85. The largest absolute Gasteiger partial charge is 0.422 e. The molecule has 1 aromatic heterocycles. The van der Waals surface area contributed by atoms with E-state index in [-0.39, 0.29) is 11.5 Å². The maximum atomic E-state index is 12.8. The maximum Gasteiger partial charge on any atom is 0.349 e. The zero-order valence-corrected chi connectivity index (χ0v) is 13.5. The fourth-order valence-corrected chi connectivity index (χ4v) is 3.46. The summed E-state index contributed by atoms with van der Waals surface area (Å²) in [5.74, 6) is -0.208. The number of amides is 1. The van der Waals surface area contributed by atoms with Crippen molar-refractivity contribution < 1.29 is 9.21 Å². The van der Waals surface area contributed by atoms with Gasteiger partial charge in [0, 0.05) is 18.5 Å². The number of hydrogen-bond donors (Lipinski definition) is 0. The first-order valence-corrected chi connectivity index (χ1v) is 8.49. The van der Waals surface area contributed by atoms with E-state index in [4.69, 9.17) is 4.42 Å². The number of fused-ring (bicyclic) bond motifs is 3. The second-order valence-electron chi connectivity index (χ2n) is 6.35. The summed E-state index contributed by atoms with van der Waals surface area (Å²) >= 11 is 0. The van der Waals surface area contributed by atoms with Crippen LogP contribution in [0.25, 0.3) is 21.7 Å². The van der Waals surface area contributed by atoms with E-state index in [1.807, 2.05) is 30.3 Å². The molecule has 4 rings (SSSR count). The van der Waals surface area contributed by atoms with Crippen molar-refractivity contribution in [1.82, 2.24) is 4.90 Å². The number of nitrogens with zero attached hydrogens (tertiary/aromatic N) is 1. The highest BCUT2D eigenvalue weighted by Crippen LogP contribution is 2.25. The number of carbonyl (C=O) groups is 1. The molecule has 24 heavy (non-hydrogen) atoms. The summed E-state index contributed by atoms with van der Waals surface area (Å²) in [6.45, 7) is 1.43. The van der Waals surface area contributed by atoms with Crippen molar-refractivity contribution in [2.24, 2.45) is 0 Å². The summed E-state index contributed by atoms with van der Waals surface area (Å²) in [4.78, 5) is 26.9. The second kappa shape index (κ2) is 6.11. The van der Waals surface area contributed by atoms with Crippen molar-refractivity contribution in [3.63, 3.8) is 0 Å². The Kier molecular flexibility index (Phi) is 3.81. The van der Waals surface area contributed by atoms with E-state index < -0.39 is 5.63 Å². The van der Waals surface area contributed by atoms with Crippen molar-refractivity contribution >= 4 is 27.6 Å². The molecule has 1 saturated heterocycles. The molecule has 0 aliphatic carbocycles. The Hall–Kier alpha value is -2.62. The van der Waals surface area contributed by atoms with Crippen LogP contribution in [0.3, 0.4) is 0 Å². The lowest BCUT2D eigenvalue weighted by molar-refractivity contribution is 0.0757. The summed E-state index contributed by atoms with van der Waals surface area (Å²) in [6.07, 6.45) is 4.27. The van der Waals surface area contributed by atoms with Crippen LogP contribution in [0.2, 0.25) is 0 Å². The highest BCUT2D eigenvalue weighted by Gasteiger charge is 2.21. The molecular weight excluding hydrogens is 302 g/mol. The van der Waals surface area contributed by atoms with Gasteiger partial charge in [-0.05, 0) is 35.7 Å². The van der Waals surface area contributed by atoms with Gasteiger partial charge in [-0.15, -0.1) is 0 Å². The van der Waals surface area contributed by atoms with Crippen molar-refractivity contribution in [2.45, 2.75) is 25.7 Å². The van der Waals surface area contributed by atoms with Crippen LogP contribution in [0.15, 0.2) is 51.7 Å². The van der Waals surface area contributed by atoms with E-state index in [2.05, 4.69) is 0 Å². The minimum atomic E-state index is -0.549. The van der Waals surface area contributed by atoms with Gasteiger partial charge in [-0.1, -0.05) is 43.2 Å². The predicted octanol–water partition coefficient (Wildman–Crippen LogP) is 3.96. The molecule has 0 unspecified atom stereocenters. The monoisotopic (exact) mass is 321 g/mol. The van der Waals surface area contributed by atoms with Crippen molar-refractivity contribution in [2.75, 3.05) is 13.1 Å². The van der Waals surface area contributed by atoms with Crippen molar-refractivity contribution in [3.8, 4) is 0 Å². The average molecular weight is 321 g/mol. The summed E-state index contributed by atoms with van der Waals surface area (Å²) in [6, 6.07) is 13.3. The van der Waals surface area contributed by atoms with E-state index in [0.717, 1.165) is 41.8 Å². The SMILES string of the molecule is O=C(c1cc2c(ccc3ccccc32)oc1=O)N1CCCCCC1. The molecule has 0 saturated carbocycles. The molecule has 0 radical (unpaired) electrons. The molecule has 1 aliphatic rings. The lowest BCUT2D eigenvalue weighted by Crippen LogP contribution is -2.34. The Labute approximate surface area is 139 Å². The van der Waals surface area contributed by atoms with Crippen molar-refractivity contribution in [1.29, 1.82) is 0 Å². The summed E-state index contributed by atoms with van der Waals surface area (Å²) in [5, 5.41) is 2.86. The van der Waals surface area contributed by atoms with Crippen LogP contribution >= 0.6 is 0 Å². The maximum absolute atomic E-state index is 12.8. The van der Waals surface area contributed by atoms with Gasteiger partial charge >= 0.3 is 5.63 Å². The Morgan fingerprint density at radius 1 is 0.917 bits per heavy atom. The zero-order chi connectivity index (χ0) is 16.5. The van der Waals surface area contributed by atoms with Gasteiger partial charge < -0.3 is 9.32 Å². The Morgan fingerprint density at radius 2 is 1.67 bits per heavy atom. The predicted molar refractivity (Wildman–Crippen MR) is 94.4 cm³/mol. The molecule has 122 valence electrons. The van der Waals surface area contributed by atoms with Gasteiger partial charge in [0.05, 0.1) is 0 Å². The quantitative estimate of drug-likeness (QED) is 0.503. The van der Waals surface area contributed by atoms with Gasteiger partial charge in [0.2, 0.25) is 0 Å². The van der Waals surface area contributed by atoms with Gasteiger partial charge in [-0.25, -0.2) is 4.79 Å². The smallest absolute Gasteiger partial charge is 0.349 e. The lowest BCUT2D eigenvalue weighted by atomic mass is 10.0. The molecule has 1 fully saturated rings. The molecular formula is C20H19NO3. The molecule has 4 nitrogen and oxygen atoms in total. The zero-order valence-electron chi connectivity index (χ0n) is 13.5. The molecule has 2 heterocycles. The van der Waals surface area contributed by atoms with Crippen LogP contribution < -0.4 is 5.63 Å². The highest BCUT2D eigenvalue weighted by molar-refractivity contribution is 6.07. The standard InChI is InChI=1S/C20H19NO3/c22-19(21-11-5-1-2-6-12-21)17-13-16-15-8-4-3-7-14(15)9-10-18(16)24-20(17)23/h3-4,7-10,13H,1-2,5-6,11-12H2. The normalized spacial score (nSPS) is 15.6. The second-order valence-corrected chi connectivity index (χ2v) is 6.35. The molecule has 3 aromatic rings. The summed E-state index contributed by atoms with van der Waals surface area (Å²) in [5.41, 5.74) is 0.110. The van der Waals surface area contributed by atoms with Crippen LogP contribution in [0, 0.1) is 0 Å². The molecule has 2 aromatic carbocycles. The molecule has 1 amide bonds. The third-order valence-electron chi connectivity index (χ3n) is 4.77. The fraction of sp³-hybridized carbons (Fsp3) is 0.300. The van der Waals surface area contributed by atoms with E-state index in [9.17, 15) is 9.59 Å². The van der Waals surface area contributed by atoms with E-state index >= 15 is 0 Å². The first-order valence-electron chi connectivity index (χ1n) is 8.49. The van der Waals surface area contributed by atoms with Gasteiger partial charge in [0.15, 0.2) is 0 Å². The first-order chi connectivity index (χ1) is 11.7.